The number of nitrogens with zero attached hydrogens (tertiary/aromatic N) is 4. The number of phenolic OH excluding ortho intramolecular Hbond substituents is 1. The van der Waals surface area contributed by atoms with Gasteiger partial charge >= 0.3 is 0 Å². The van der Waals surface area contributed by atoms with E-state index in [4.69, 9.17) is 14.4 Å². The third kappa shape index (κ3) is 3.27. The molecule has 0 radical (unpaired) electrons. The first-order valence-corrected chi connectivity index (χ1v) is 9.85. The predicted molar refractivity (Wildman–Crippen MR) is 113 cm³/mol. The fourth-order valence-electron chi connectivity index (χ4n) is 4.12. The third-order valence-electron chi connectivity index (χ3n) is 5.30. The van der Waals surface area contributed by atoms with Gasteiger partial charge < -0.3 is 19.7 Å². The molecule has 1 fully saturated rings. The summed E-state index contributed by atoms with van der Waals surface area (Å²) in [6, 6.07) is 12.1. The average Bonchev–Trinajstić information content (AvgIpc) is 3.04. The minimum absolute atomic E-state index is 0.131. The highest BCUT2D eigenvalue weighted by atomic mass is 16.3. The van der Waals surface area contributed by atoms with Gasteiger partial charge in [-0.15, -0.1) is 0 Å². The summed E-state index contributed by atoms with van der Waals surface area (Å²) in [5.74, 6) is 1.66. The average molecular weight is 389 g/mol. The van der Waals surface area contributed by atoms with Crippen molar-refractivity contribution >= 4 is 28.0 Å². The first-order valence-electron chi connectivity index (χ1n) is 9.85. The first kappa shape index (κ1) is 17.9. The molecule has 2 N–H and O–H groups in total. The van der Waals surface area contributed by atoms with Gasteiger partial charge in [-0.3, -0.25) is 0 Å². The summed E-state index contributed by atoms with van der Waals surface area (Å²) in [6.07, 6.45) is 0. The standard InChI is InChI=1S/C22H23N5O2/c1-12-10-27(11-13(2)23-12)22-7-6-17-18(26-22)5-4-16(25-17)15-8-21-19(9-20(15)28)24-14(3)29-21/h4-9,12-13,23,28H,10-11H2,1-3H3. The normalized spacial score (nSPS) is 19.9. The van der Waals surface area contributed by atoms with Gasteiger partial charge in [0.15, 0.2) is 11.5 Å². The second-order valence-corrected chi connectivity index (χ2v) is 7.85. The van der Waals surface area contributed by atoms with Crippen LogP contribution < -0.4 is 10.2 Å². The Hall–Kier alpha value is -3.19. The monoisotopic (exact) mass is 389 g/mol. The number of aromatic nitrogens is 3. The summed E-state index contributed by atoms with van der Waals surface area (Å²) >= 11 is 0. The Bertz CT molecular complexity index is 1210. The minimum Gasteiger partial charge on any atom is -0.507 e. The van der Waals surface area contributed by atoms with Crippen LogP contribution in [0.15, 0.2) is 40.8 Å². The van der Waals surface area contributed by atoms with Gasteiger partial charge in [-0.05, 0) is 44.2 Å². The van der Waals surface area contributed by atoms with Crippen LogP contribution >= 0.6 is 0 Å². The number of fused-ring (bicyclic) bond motifs is 2. The lowest BCUT2D eigenvalue weighted by Gasteiger charge is -2.36. The number of aryl methyl sites for hydroxylation is 1. The van der Waals surface area contributed by atoms with Crippen molar-refractivity contribution in [2.24, 2.45) is 0 Å². The summed E-state index contributed by atoms with van der Waals surface area (Å²) in [6.45, 7) is 8.03. The number of hydrogen-bond donors (Lipinski definition) is 2. The summed E-state index contributed by atoms with van der Waals surface area (Å²) < 4.78 is 5.60. The van der Waals surface area contributed by atoms with Gasteiger partial charge in [-0.2, -0.15) is 0 Å². The molecule has 2 atom stereocenters. The second kappa shape index (κ2) is 6.70. The van der Waals surface area contributed by atoms with Crippen molar-refractivity contribution in [2.45, 2.75) is 32.9 Å². The lowest BCUT2D eigenvalue weighted by Crippen LogP contribution is -2.54. The maximum Gasteiger partial charge on any atom is 0.192 e. The van der Waals surface area contributed by atoms with Gasteiger partial charge in [-0.1, -0.05) is 0 Å². The zero-order valence-corrected chi connectivity index (χ0v) is 16.7. The number of nitrogens with one attached hydrogen (secondary N) is 1. The summed E-state index contributed by atoms with van der Waals surface area (Å²) in [5.41, 5.74) is 4.18. The van der Waals surface area contributed by atoms with Crippen LogP contribution in [-0.2, 0) is 0 Å². The molecular formula is C22H23N5O2. The molecule has 1 aromatic carbocycles. The molecule has 7 heteroatoms. The van der Waals surface area contributed by atoms with Crippen molar-refractivity contribution < 1.29 is 9.52 Å². The zero-order valence-electron chi connectivity index (χ0n) is 16.7. The van der Waals surface area contributed by atoms with Gasteiger partial charge in [0.25, 0.3) is 0 Å². The molecule has 5 rings (SSSR count). The van der Waals surface area contributed by atoms with Crippen LogP contribution in [0.4, 0.5) is 5.82 Å². The lowest BCUT2D eigenvalue weighted by atomic mass is 10.1. The van der Waals surface area contributed by atoms with E-state index in [1.807, 2.05) is 24.3 Å². The number of benzene rings is 1. The van der Waals surface area contributed by atoms with Crippen molar-refractivity contribution in [1.82, 2.24) is 20.3 Å². The molecule has 3 aromatic heterocycles. The number of rotatable bonds is 2. The Morgan fingerprint density at radius 3 is 2.48 bits per heavy atom. The Morgan fingerprint density at radius 1 is 0.966 bits per heavy atom. The summed E-state index contributed by atoms with van der Waals surface area (Å²) in [4.78, 5) is 16.1. The highest BCUT2D eigenvalue weighted by molar-refractivity contribution is 5.86. The van der Waals surface area contributed by atoms with Gasteiger partial charge in [0, 0.05) is 43.7 Å². The second-order valence-electron chi connectivity index (χ2n) is 7.85. The van der Waals surface area contributed by atoms with Crippen molar-refractivity contribution in [2.75, 3.05) is 18.0 Å². The summed E-state index contributed by atoms with van der Waals surface area (Å²) in [7, 11) is 0. The van der Waals surface area contributed by atoms with Crippen LogP contribution in [-0.4, -0.2) is 45.2 Å². The maximum atomic E-state index is 10.5. The number of phenols is 1. The van der Waals surface area contributed by atoms with Crippen LogP contribution in [0.2, 0.25) is 0 Å². The van der Waals surface area contributed by atoms with E-state index in [0.717, 1.165) is 29.9 Å². The number of oxazole rings is 1. The van der Waals surface area contributed by atoms with E-state index in [2.05, 4.69) is 29.0 Å². The lowest BCUT2D eigenvalue weighted by molar-refractivity contribution is 0.405. The van der Waals surface area contributed by atoms with Crippen LogP contribution in [0.25, 0.3) is 33.4 Å². The van der Waals surface area contributed by atoms with Crippen LogP contribution in [0.1, 0.15) is 19.7 Å². The van der Waals surface area contributed by atoms with Crippen molar-refractivity contribution in [3.05, 3.63) is 42.3 Å². The predicted octanol–water partition coefficient (Wildman–Crippen LogP) is 3.64. The highest BCUT2D eigenvalue weighted by Gasteiger charge is 2.22. The van der Waals surface area contributed by atoms with E-state index in [1.165, 1.54) is 0 Å². The summed E-state index contributed by atoms with van der Waals surface area (Å²) in [5, 5.41) is 14.0. The fourth-order valence-corrected chi connectivity index (χ4v) is 4.12. The molecule has 0 saturated carbocycles. The Labute approximate surface area is 168 Å². The molecule has 7 nitrogen and oxygen atoms in total. The van der Waals surface area contributed by atoms with Gasteiger partial charge in [0.2, 0.25) is 0 Å². The van der Waals surface area contributed by atoms with E-state index >= 15 is 0 Å². The van der Waals surface area contributed by atoms with Gasteiger partial charge in [-0.25, -0.2) is 15.0 Å². The molecule has 4 aromatic rings. The van der Waals surface area contributed by atoms with Gasteiger partial charge in [0.1, 0.15) is 17.1 Å². The largest absolute Gasteiger partial charge is 0.507 e. The minimum atomic E-state index is 0.131. The number of pyridine rings is 2. The quantitative estimate of drug-likeness (QED) is 0.541. The first-order chi connectivity index (χ1) is 14.0. The number of anilines is 1. The molecule has 0 aliphatic carbocycles. The fraction of sp³-hybridized carbons (Fsp3) is 0.318. The van der Waals surface area contributed by atoms with E-state index in [-0.39, 0.29) is 5.75 Å². The molecule has 0 bridgehead atoms. The van der Waals surface area contributed by atoms with E-state index in [1.54, 1.807) is 19.1 Å². The SMILES string of the molecule is Cc1nc2cc(O)c(-c3ccc4nc(N5CC(C)NC(C)C5)ccc4n3)cc2o1. The molecule has 1 aliphatic heterocycles. The van der Waals surface area contributed by atoms with E-state index < -0.39 is 0 Å². The topological polar surface area (TPSA) is 87.3 Å². The molecule has 29 heavy (non-hydrogen) atoms. The molecule has 4 heterocycles. The molecule has 0 amide bonds. The van der Waals surface area contributed by atoms with Crippen molar-refractivity contribution in [3.63, 3.8) is 0 Å². The zero-order chi connectivity index (χ0) is 20.1. The Balaban J connectivity index is 1.52. The van der Waals surface area contributed by atoms with Crippen molar-refractivity contribution in [3.8, 4) is 17.0 Å². The molecular weight excluding hydrogens is 366 g/mol. The Kier molecular flexibility index (Phi) is 4.13. The van der Waals surface area contributed by atoms with E-state index in [9.17, 15) is 5.11 Å². The van der Waals surface area contributed by atoms with E-state index in [0.29, 0.717) is 40.3 Å². The molecule has 2 unspecified atom stereocenters. The third-order valence-corrected chi connectivity index (χ3v) is 5.30. The van der Waals surface area contributed by atoms with Crippen LogP contribution in [0, 0.1) is 6.92 Å². The molecule has 0 spiro atoms. The Morgan fingerprint density at radius 2 is 1.69 bits per heavy atom. The maximum absolute atomic E-state index is 10.5. The highest BCUT2D eigenvalue weighted by Crippen LogP contribution is 2.33. The van der Waals surface area contributed by atoms with Crippen LogP contribution in [0.5, 0.6) is 5.75 Å². The van der Waals surface area contributed by atoms with Gasteiger partial charge in [0.05, 0.1) is 16.7 Å². The molecule has 1 aliphatic rings. The molecule has 1 saturated heterocycles. The smallest absolute Gasteiger partial charge is 0.192 e. The van der Waals surface area contributed by atoms with Crippen molar-refractivity contribution in [1.29, 1.82) is 0 Å². The number of hydrogen-bond acceptors (Lipinski definition) is 7. The van der Waals surface area contributed by atoms with Crippen LogP contribution in [0.3, 0.4) is 0 Å². The molecule has 148 valence electrons. The number of piperazine rings is 1. The number of aromatic hydroxyl groups is 1.